The molecule has 4 atom stereocenters. The molecular formula is C35H43N3O6. The van der Waals surface area contributed by atoms with Crippen molar-refractivity contribution in [3.8, 4) is 0 Å². The number of hydrogen-bond acceptors (Lipinski definition) is 6. The van der Waals surface area contributed by atoms with E-state index in [1.165, 1.54) is 0 Å². The number of carbonyl (C=O) groups is 5. The summed E-state index contributed by atoms with van der Waals surface area (Å²) in [5, 5.41) is 7.21. The molecule has 3 aromatic carbocycles. The lowest BCUT2D eigenvalue weighted by molar-refractivity contribution is -0.149. The number of fused-ring (bicyclic) bond motifs is 1. The molecule has 0 aliphatic heterocycles. The predicted molar refractivity (Wildman–Crippen MR) is 169 cm³/mol. The third-order valence-electron chi connectivity index (χ3n) is 7.70. The minimum atomic E-state index is -1.16. The van der Waals surface area contributed by atoms with Crippen LogP contribution in [0.1, 0.15) is 58.1 Å². The molecule has 0 fully saturated rings. The number of hydrogen-bond donors (Lipinski definition) is 3. The van der Waals surface area contributed by atoms with E-state index in [9.17, 15) is 24.0 Å². The first-order valence-electron chi connectivity index (χ1n) is 15.1. The summed E-state index contributed by atoms with van der Waals surface area (Å²) in [6.45, 7) is 7.54. The van der Waals surface area contributed by atoms with E-state index < -0.39 is 53.4 Å². The van der Waals surface area contributed by atoms with E-state index in [4.69, 9.17) is 10.5 Å². The highest BCUT2D eigenvalue weighted by molar-refractivity contribution is 6.38. The van der Waals surface area contributed by atoms with Gasteiger partial charge < -0.3 is 21.1 Å². The molecule has 9 nitrogen and oxygen atoms in total. The molecule has 0 aliphatic rings. The largest absolute Gasteiger partial charge is 0.461 e. The van der Waals surface area contributed by atoms with Crippen molar-refractivity contribution in [3.05, 3.63) is 83.9 Å². The molecule has 4 N–H and O–H groups in total. The minimum absolute atomic E-state index is 0.0835. The van der Waals surface area contributed by atoms with Crippen molar-refractivity contribution in [2.75, 3.05) is 0 Å². The van der Waals surface area contributed by atoms with Crippen LogP contribution in [0.5, 0.6) is 0 Å². The molecule has 0 spiro atoms. The van der Waals surface area contributed by atoms with Gasteiger partial charge in [0.1, 0.15) is 12.6 Å². The molecule has 44 heavy (non-hydrogen) atoms. The molecule has 0 radical (unpaired) electrons. The molecule has 3 aromatic rings. The standard InChI is InChI=1S/C35H43N3O6/c1-5-23(4)31(38-34(42)28(17-22(2)3)20-30(39)44-21-24-11-7-6-8-12-24)32(40)35(43)37-29(33(36)41)19-25-15-16-26-13-9-10-14-27(26)18-25/h6-16,18,22-23,28-29,31H,5,17,19-21H2,1-4H3,(H2,36,41)(H,37,43)(H,38,42). The second-order valence-corrected chi connectivity index (χ2v) is 11.7. The average molecular weight is 602 g/mol. The van der Waals surface area contributed by atoms with Crippen LogP contribution in [-0.4, -0.2) is 41.6 Å². The topological polar surface area (TPSA) is 145 Å². The van der Waals surface area contributed by atoms with Gasteiger partial charge >= 0.3 is 5.97 Å². The van der Waals surface area contributed by atoms with Crippen molar-refractivity contribution in [1.82, 2.24) is 10.6 Å². The van der Waals surface area contributed by atoms with Crippen LogP contribution in [0.2, 0.25) is 0 Å². The number of nitrogens with two attached hydrogens (primary N) is 1. The SMILES string of the molecule is CCC(C)C(NC(=O)C(CC(=O)OCc1ccccc1)CC(C)C)C(=O)C(=O)NC(Cc1ccc2ccccc2c1)C(N)=O. The summed E-state index contributed by atoms with van der Waals surface area (Å²) in [4.78, 5) is 65.0. The van der Waals surface area contributed by atoms with Crippen LogP contribution >= 0.6 is 0 Å². The van der Waals surface area contributed by atoms with Crippen LogP contribution in [0.4, 0.5) is 0 Å². The Balaban J connectivity index is 1.69. The predicted octanol–water partition coefficient (Wildman–Crippen LogP) is 4.25. The molecule has 9 heteroatoms. The lowest BCUT2D eigenvalue weighted by Crippen LogP contribution is -2.55. The zero-order valence-electron chi connectivity index (χ0n) is 25.9. The van der Waals surface area contributed by atoms with Gasteiger partial charge in [-0.1, -0.05) is 107 Å². The van der Waals surface area contributed by atoms with Crippen LogP contribution in [0.15, 0.2) is 72.8 Å². The summed E-state index contributed by atoms with van der Waals surface area (Å²) in [6, 6.07) is 20.3. The van der Waals surface area contributed by atoms with Crippen molar-refractivity contribution in [2.24, 2.45) is 23.5 Å². The average Bonchev–Trinajstić information content (AvgIpc) is 3.01. The summed E-state index contributed by atoms with van der Waals surface area (Å²) in [6.07, 6.45) is 0.810. The number of esters is 1. The van der Waals surface area contributed by atoms with Gasteiger partial charge in [0.25, 0.3) is 5.91 Å². The Morgan fingerprint density at radius 1 is 0.818 bits per heavy atom. The second kappa shape index (κ2) is 16.4. The van der Waals surface area contributed by atoms with E-state index in [1.807, 2.05) is 93.6 Å². The van der Waals surface area contributed by atoms with Crippen LogP contribution in [0, 0.1) is 17.8 Å². The van der Waals surface area contributed by atoms with E-state index in [0.717, 1.165) is 21.9 Å². The van der Waals surface area contributed by atoms with Gasteiger partial charge in [-0.25, -0.2) is 0 Å². The van der Waals surface area contributed by atoms with E-state index >= 15 is 0 Å². The van der Waals surface area contributed by atoms with Crippen molar-refractivity contribution >= 4 is 40.2 Å². The zero-order chi connectivity index (χ0) is 32.2. The molecule has 3 rings (SSSR count). The normalized spacial score (nSPS) is 13.8. The number of primary amides is 1. The maximum absolute atomic E-state index is 13.4. The Morgan fingerprint density at radius 2 is 1.48 bits per heavy atom. The van der Waals surface area contributed by atoms with Crippen molar-refractivity contribution in [2.45, 2.75) is 72.1 Å². The molecule has 4 unspecified atom stereocenters. The molecule has 0 heterocycles. The first-order chi connectivity index (χ1) is 21.0. The van der Waals surface area contributed by atoms with Crippen molar-refractivity contribution in [3.63, 3.8) is 0 Å². The zero-order valence-corrected chi connectivity index (χ0v) is 25.9. The molecule has 0 bridgehead atoms. The Bertz CT molecular complexity index is 1460. The summed E-state index contributed by atoms with van der Waals surface area (Å²) >= 11 is 0. The molecule has 0 aliphatic carbocycles. The maximum atomic E-state index is 13.4. The second-order valence-electron chi connectivity index (χ2n) is 11.7. The number of ether oxygens (including phenoxy) is 1. The first-order valence-corrected chi connectivity index (χ1v) is 15.1. The molecule has 234 valence electrons. The Morgan fingerprint density at radius 3 is 2.11 bits per heavy atom. The Labute approximate surface area is 258 Å². The summed E-state index contributed by atoms with van der Waals surface area (Å²) < 4.78 is 5.39. The summed E-state index contributed by atoms with van der Waals surface area (Å²) in [5.41, 5.74) is 7.20. The number of rotatable bonds is 16. The number of carbonyl (C=O) groups excluding carboxylic acids is 5. The lowest BCUT2D eigenvalue weighted by Gasteiger charge is -2.26. The smallest absolute Gasteiger partial charge is 0.306 e. The van der Waals surface area contributed by atoms with Gasteiger partial charge in [0, 0.05) is 12.3 Å². The summed E-state index contributed by atoms with van der Waals surface area (Å²) in [5.74, 6) is -4.78. The fourth-order valence-corrected chi connectivity index (χ4v) is 5.02. The molecular weight excluding hydrogens is 558 g/mol. The number of ketones is 1. The highest BCUT2D eigenvalue weighted by Gasteiger charge is 2.35. The van der Waals surface area contributed by atoms with Crippen LogP contribution in [0.3, 0.4) is 0 Å². The van der Waals surface area contributed by atoms with E-state index in [-0.39, 0.29) is 25.4 Å². The number of nitrogens with one attached hydrogen (secondary N) is 2. The minimum Gasteiger partial charge on any atom is -0.461 e. The van der Waals surface area contributed by atoms with Gasteiger partial charge in [0.2, 0.25) is 17.6 Å². The lowest BCUT2D eigenvalue weighted by atomic mass is 9.90. The molecule has 0 saturated heterocycles. The van der Waals surface area contributed by atoms with Crippen molar-refractivity contribution in [1.29, 1.82) is 0 Å². The fourth-order valence-electron chi connectivity index (χ4n) is 5.02. The number of amides is 3. The van der Waals surface area contributed by atoms with Gasteiger partial charge in [-0.15, -0.1) is 0 Å². The van der Waals surface area contributed by atoms with Crippen LogP contribution < -0.4 is 16.4 Å². The van der Waals surface area contributed by atoms with Gasteiger partial charge in [-0.2, -0.15) is 0 Å². The Hall–Kier alpha value is -4.53. The van der Waals surface area contributed by atoms with Crippen LogP contribution in [-0.2, 0) is 41.7 Å². The third-order valence-corrected chi connectivity index (χ3v) is 7.70. The van der Waals surface area contributed by atoms with E-state index in [2.05, 4.69) is 10.6 Å². The Kier molecular flexibility index (Phi) is 12.6. The highest BCUT2D eigenvalue weighted by Crippen LogP contribution is 2.20. The van der Waals surface area contributed by atoms with Gasteiger partial charge in [-0.3, -0.25) is 24.0 Å². The van der Waals surface area contributed by atoms with Gasteiger partial charge in [0.05, 0.1) is 12.5 Å². The number of benzene rings is 3. The highest BCUT2D eigenvalue weighted by atomic mass is 16.5. The maximum Gasteiger partial charge on any atom is 0.306 e. The quantitative estimate of drug-likeness (QED) is 0.165. The van der Waals surface area contributed by atoms with Gasteiger partial charge in [0.15, 0.2) is 0 Å². The number of Topliss-reactive ketones (excluding diaryl/α,β-unsaturated/α-hetero) is 1. The monoisotopic (exact) mass is 601 g/mol. The van der Waals surface area contributed by atoms with Gasteiger partial charge in [-0.05, 0) is 40.2 Å². The molecule has 0 aromatic heterocycles. The first kappa shape index (κ1) is 34.0. The summed E-state index contributed by atoms with van der Waals surface area (Å²) in [7, 11) is 0. The third kappa shape index (κ3) is 10.0. The molecule has 0 saturated carbocycles. The van der Waals surface area contributed by atoms with Crippen molar-refractivity contribution < 1.29 is 28.7 Å². The van der Waals surface area contributed by atoms with Crippen LogP contribution in [0.25, 0.3) is 10.8 Å². The molecule has 3 amide bonds. The fraction of sp³-hybridized carbons (Fsp3) is 0.400. The van der Waals surface area contributed by atoms with E-state index in [0.29, 0.717) is 12.8 Å². The van der Waals surface area contributed by atoms with E-state index in [1.54, 1.807) is 6.92 Å².